The maximum Gasteiger partial charge on any atom is 0.460 e. The zero-order valence-electron chi connectivity index (χ0n) is 13.3. The number of ether oxygens (including phenoxy) is 2. The lowest BCUT2D eigenvalue weighted by atomic mass is 9.99. The summed E-state index contributed by atoms with van der Waals surface area (Å²) in [5, 5.41) is 0. The van der Waals surface area contributed by atoms with Crippen molar-refractivity contribution in [2.24, 2.45) is 0 Å². The number of hydrogen-bond donors (Lipinski definition) is 0. The molecule has 0 bridgehead atoms. The van der Waals surface area contributed by atoms with E-state index in [1.807, 2.05) is 0 Å². The van der Waals surface area contributed by atoms with Gasteiger partial charge in [0, 0.05) is 25.6 Å². The summed E-state index contributed by atoms with van der Waals surface area (Å²) >= 11 is 0. The van der Waals surface area contributed by atoms with Crippen molar-refractivity contribution < 1.29 is 49.0 Å². The number of nitrogens with zero attached hydrogens (tertiary/aromatic N) is 1. The van der Waals surface area contributed by atoms with E-state index >= 15 is 0 Å². The van der Waals surface area contributed by atoms with E-state index in [2.05, 4.69) is 0 Å². The Morgan fingerprint density at radius 2 is 1.52 bits per heavy atom. The first kappa shape index (κ1) is 19.9. The van der Waals surface area contributed by atoms with Gasteiger partial charge in [-0.05, 0) is 17.7 Å². The number of halogens is 9. The summed E-state index contributed by atoms with van der Waals surface area (Å²) in [4.78, 5) is 1.24. The Morgan fingerprint density at radius 3 is 2.15 bits per heavy atom. The van der Waals surface area contributed by atoms with E-state index in [0.717, 1.165) is 0 Å². The highest BCUT2D eigenvalue weighted by Gasteiger charge is 2.81. The number of fused-ring (bicyclic) bond motifs is 1. The molecule has 0 N–H and O–H groups in total. The van der Waals surface area contributed by atoms with E-state index < -0.39 is 36.4 Å². The molecule has 0 amide bonds. The van der Waals surface area contributed by atoms with Crippen molar-refractivity contribution in [2.45, 2.75) is 43.0 Å². The lowest BCUT2D eigenvalue weighted by Gasteiger charge is -2.33. The highest BCUT2D eigenvalue weighted by atomic mass is 19.4. The molecule has 1 fully saturated rings. The van der Waals surface area contributed by atoms with Gasteiger partial charge < -0.3 is 9.47 Å². The Morgan fingerprint density at radius 1 is 0.889 bits per heavy atom. The van der Waals surface area contributed by atoms with Gasteiger partial charge in [0.1, 0.15) is 0 Å². The Balaban J connectivity index is 1.64. The first-order chi connectivity index (χ1) is 12.3. The van der Waals surface area contributed by atoms with Crippen LogP contribution in [0.2, 0.25) is 0 Å². The van der Waals surface area contributed by atoms with Crippen LogP contribution in [0.25, 0.3) is 0 Å². The summed E-state index contributed by atoms with van der Waals surface area (Å²) in [6, 6.07) is 3.39. The predicted molar refractivity (Wildman–Crippen MR) is 72.3 cm³/mol. The predicted octanol–water partition coefficient (Wildman–Crippen LogP) is 4.46. The molecule has 27 heavy (non-hydrogen) atoms. The van der Waals surface area contributed by atoms with Gasteiger partial charge in [0.25, 0.3) is 0 Å². The number of hydrogen-bond acceptors (Lipinski definition) is 3. The van der Waals surface area contributed by atoms with Crippen LogP contribution in [0.3, 0.4) is 0 Å². The minimum Gasteiger partial charge on any atom is -0.454 e. The molecule has 1 aromatic rings. The van der Waals surface area contributed by atoms with Crippen LogP contribution in [0, 0.1) is 0 Å². The number of rotatable bonds is 6. The van der Waals surface area contributed by atoms with Crippen LogP contribution in [0.15, 0.2) is 18.2 Å². The molecule has 0 radical (unpaired) electrons. The second-order valence-electron chi connectivity index (χ2n) is 6.33. The minimum atomic E-state index is -6.85. The summed E-state index contributed by atoms with van der Waals surface area (Å²) in [7, 11) is 0. The fourth-order valence-corrected chi connectivity index (χ4v) is 2.72. The zero-order chi connectivity index (χ0) is 20.3. The molecule has 12 heteroatoms. The molecule has 2 atom stereocenters. The van der Waals surface area contributed by atoms with Crippen molar-refractivity contribution in [3.05, 3.63) is 23.8 Å². The molecule has 2 aliphatic heterocycles. The van der Waals surface area contributed by atoms with Crippen LogP contribution in [-0.2, 0) is 6.54 Å². The van der Waals surface area contributed by atoms with Crippen LogP contribution in [0.1, 0.15) is 12.0 Å². The molecule has 2 aliphatic rings. The van der Waals surface area contributed by atoms with Gasteiger partial charge in [0.15, 0.2) is 11.5 Å². The second-order valence-corrected chi connectivity index (χ2v) is 6.33. The van der Waals surface area contributed by atoms with Crippen LogP contribution >= 0.6 is 0 Å². The SMILES string of the molecule is FC(F)(F)C(F)(F)C(F)(F)C(F)(F)CC1CN1Cc1ccc2c(c1)OCO2. The van der Waals surface area contributed by atoms with Crippen molar-refractivity contribution >= 4 is 0 Å². The van der Waals surface area contributed by atoms with E-state index in [1.165, 1.54) is 11.0 Å². The second kappa shape index (κ2) is 6.08. The van der Waals surface area contributed by atoms with Gasteiger partial charge in [-0.25, -0.2) is 0 Å². The first-order valence-electron chi connectivity index (χ1n) is 7.59. The van der Waals surface area contributed by atoms with E-state index in [1.54, 1.807) is 12.1 Å². The summed E-state index contributed by atoms with van der Waals surface area (Å²) in [5.41, 5.74) is 0.553. The third kappa shape index (κ3) is 3.39. The molecule has 0 spiro atoms. The summed E-state index contributed by atoms with van der Waals surface area (Å²) in [5.74, 6) is -18.1. The third-order valence-corrected chi connectivity index (χ3v) is 4.35. The average molecular weight is 409 g/mol. The van der Waals surface area contributed by atoms with Crippen LogP contribution in [-0.4, -0.2) is 48.2 Å². The highest BCUT2D eigenvalue weighted by Crippen LogP contribution is 2.55. The van der Waals surface area contributed by atoms with Gasteiger partial charge >= 0.3 is 23.9 Å². The Bertz CT molecular complexity index is 720. The molecule has 0 aliphatic carbocycles. The standard InChI is InChI=1S/C15H12F9NO2/c16-12(17,13(18,19)14(20,21)15(22,23)24)4-9-6-25(9)5-8-1-2-10-11(3-8)27-7-26-10/h1-3,9H,4-7H2. The highest BCUT2D eigenvalue weighted by molar-refractivity contribution is 5.44. The smallest absolute Gasteiger partial charge is 0.454 e. The van der Waals surface area contributed by atoms with E-state index in [4.69, 9.17) is 9.47 Å². The molecule has 2 unspecified atom stereocenters. The molecule has 0 aromatic heterocycles. The average Bonchev–Trinajstić information content (AvgIpc) is 3.06. The number of benzene rings is 1. The van der Waals surface area contributed by atoms with E-state index in [-0.39, 0.29) is 19.9 Å². The van der Waals surface area contributed by atoms with E-state index in [0.29, 0.717) is 17.1 Å². The van der Waals surface area contributed by atoms with Crippen molar-refractivity contribution in [3.8, 4) is 11.5 Å². The molecule has 152 valence electrons. The van der Waals surface area contributed by atoms with Crippen molar-refractivity contribution in [1.82, 2.24) is 4.90 Å². The van der Waals surface area contributed by atoms with Gasteiger partial charge in [-0.15, -0.1) is 0 Å². The van der Waals surface area contributed by atoms with Crippen LogP contribution in [0.5, 0.6) is 11.5 Å². The zero-order valence-corrected chi connectivity index (χ0v) is 13.3. The molecular weight excluding hydrogens is 397 g/mol. The van der Waals surface area contributed by atoms with Gasteiger partial charge in [0.2, 0.25) is 6.79 Å². The Labute approximate surface area is 146 Å². The summed E-state index contributed by atoms with van der Waals surface area (Å²) < 4.78 is 126. The largest absolute Gasteiger partial charge is 0.460 e. The minimum absolute atomic E-state index is 0.000151. The lowest BCUT2D eigenvalue weighted by Crippen LogP contribution is -2.61. The van der Waals surface area contributed by atoms with Crippen molar-refractivity contribution in [2.75, 3.05) is 13.3 Å². The monoisotopic (exact) mass is 409 g/mol. The fraction of sp³-hybridized carbons (Fsp3) is 0.600. The van der Waals surface area contributed by atoms with Crippen molar-refractivity contribution in [1.29, 1.82) is 0 Å². The molecule has 2 heterocycles. The van der Waals surface area contributed by atoms with Crippen molar-refractivity contribution in [3.63, 3.8) is 0 Å². The topological polar surface area (TPSA) is 21.5 Å². The lowest BCUT2D eigenvalue weighted by molar-refractivity contribution is -0.396. The molecule has 1 saturated heterocycles. The van der Waals surface area contributed by atoms with Gasteiger partial charge in [-0.1, -0.05) is 6.07 Å². The van der Waals surface area contributed by atoms with Crippen LogP contribution in [0.4, 0.5) is 39.5 Å². The van der Waals surface area contributed by atoms with Gasteiger partial charge in [0.05, 0.1) is 0 Å². The molecular formula is C15H12F9NO2. The van der Waals surface area contributed by atoms with Gasteiger partial charge in [-0.2, -0.15) is 39.5 Å². The molecule has 0 saturated carbocycles. The maximum absolute atomic E-state index is 13.6. The molecule has 1 aromatic carbocycles. The maximum atomic E-state index is 13.6. The molecule has 3 rings (SSSR count). The van der Waals surface area contributed by atoms with Crippen LogP contribution < -0.4 is 9.47 Å². The quantitative estimate of drug-likeness (QED) is 0.512. The molecule has 3 nitrogen and oxygen atoms in total. The Kier molecular flexibility index (Phi) is 4.48. The van der Waals surface area contributed by atoms with E-state index in [9.17, 15) is 39.5 Å². The Hall–Kier alpha value is -1.85. The summed E-state index contributed by atoms with van der Waals surface area (Å²) in [6.07, 6.45) is -8.62. The summed E-state index contributed by atoms with van der Waals surface area (Å²) in [6.45, 7) is -0.129. The van der Waals surface area contributed by atoms with Gasteiger partial charge in [-0.3, -0.25) is 4.90 Å². The fourth-order valence-electron chi connectivity index (χ4n) is 2.72. The normalized spacial score (nSPS) is 22.9. The first-order valence-corrected chi connectivity index (χ1v) is 7.59. The third-order valence-electron chi connectivity index (χ3n) is 4.35. The number of alkyl halides is 9.